The summed E-state index contributed by atoms with van der Waals surface area (Å²) in [6, 6.07) is 7.47. The average Bonchev–Trinajstić information content (AvgIpc) is 2.50. The fourth-order valence-corrected chi connectivity index (χ4v) is 1.60. The summed E-state index contributed by atoms with van der Waals surface area (Å²) in [6.07, 6.45) is 0.844. The lowest BCUT2D eigenvalue weighted by Crippen LogP contribution is -2.23. The third-order valence-corrected chi connectivity index (χ3v) is 2.84. The van der Waals surface area contributed by atoms with Crippen LogP contribution in [0.25, 0.3) is 0 Å². The van der Waals surface area contributed by atoms with Crippen molar-refractivity contribution >= 4 is 12.0 Å². The molecule has 0 fully saturated rings. The minimum absolute atomic E-state index is 0.584. The minimum atomic E-state index is 0.584. The molecule has 1 aromatic carbocycles. The number of carbonyl (C=O) groups excluding carboxylic acids is 1. The molecule has 0 atom stereocenters. The van der Waals surface area contributed by atoms with E-state index in [-0.39, 0.29) is 0 Å². The monoisotopic (exact) mass is 281 g/mol. The Hall–Kier alpha value is -1.43. The lowest BCUT2D eigenvalue weighted by molar-refractivity contribution is 0.0266. The summed E-state index contributed by atoms with van der Waals surface area (Å²) < 4.78 is 15.7. The van der Waals surface area contributed by atoms with Gasteiger partial charge >= 0.3 is 0 Å². The molecule has 0 radical (unpaired) electrons. The Balaban J connectivity index is 2.10. The van der Waals surface area contributed by atoms with Crippen LogP contribution in [-0.4, -0.2) is 60.0 Å². The Kier molecular flexibility index (Phi) is 8.62. The van der Waals surface area contributed by atoms with E-state index in [4.69, 9.17) is 14.2 Å². The van der Waals surface area contributed by atoms with Crippen LogP contribution in [0.1, 0.15) is 10.4 Å². The highest BCUT2D eigenvalue weighted by Crippen LogP contribution is 2.12. The van der Waals surface area contributed by atoms with E-state index < -0.39 is 0 Å². The molecule has 0 aromatic heterocycles. The molecule has 0 aliphatic rings. The summed E-state index contributed by atoms with van der Waals surface area (Å²) in [5, 5.41) is 0. The highest BCUT2D eigenvalue weighted by Gasteiger charge is 2.00. The van der Waals surface area contributed by atoms with Crippen LogP contribution < -0.4 is 4.90 Å². The van der Waals surface area contributed by atoms with Crippen LogP contribution >= 0.6 is 0 Å². The van der Waals surface area contributed by atoms with Crippen LogP contribution in [-0.2, 0) is 14.2 Å². The number of carbonyl (C=O) groups is 1. The Bertz CT molecular complexity index is 367. The van der Waals surface area contributed by atoms with E-state index in [1.54, 1.807) is 7.11 Å². The smallest absolute Gasteiger partial charge is 0.150 e. The topological polar surface area (TPSA) is 48.0 Å². The van der Waals surface area contributed by atoms with E-state index in [1.807, 2.05) is 31.3 Å². The van der Waals surface area contributed by atoms with Gasteiger partial charge in [-0.2, -0.15) is 0 Å². The van der Waals surface area contributed by atoms with Crippen LogP contribution in [0.5, 0.6) is 0 Å². The first-order chi connectivity index (χ1) is 9.77. The van der Waals surface area contributed by atoms with Crippen molar-refractivity contribution in [2.75, 3.05) is 58.6 Å². The third-order valence-electron chi connectivity index (χ3n) is 2.84. The molecule has 20 heavy (non-hydrogen) atoms. The number of anilines is 1. The number of likely N-dealkylation sites (N-methyl/N-ethyl adjacent to an activating group) is 1. The number of rotatable bonds is 11. The van der Waals surface area contributed by atoms with Crippen molar-refractivity contribution in [3.8, 4) is 0 Å². The zero-order chi connectivity index (χ0) is 14.6. The lowest BCUT2D eigenvalue weighted by atomic mass is 10.2. The summed E-state index contributed by atoms with van der Waals surface area (Å²) in [7, 11) is 3.64. The Morgan fingerprint density at radius 2 is 1.60 bits per heavy atom. The van der Waals surface area contributed by atoms with Gasteiger partial charge in [-0.05, 0) is 24.3 Å². The fraction of sp³-hybridized carbons (Fsp3) is 0.533. The van der Waals surface area contributed by atoms with Crippen molar-refractivity contribution < 1.29 is 19.0 Å². The Morgan fingerprint density at radius 3 is 2.20 bits per heavy atom. The number of ether oxygens (including phenoxy) is 3. The van der Waals surface area contributed by atoms with Gasteiger partial charge in [0.1, 0.15) is 6.29 Å². The minimum Gasteiger partial charge on any atom is -0.382 e. The number of nitrogens with zero attached hydrogens (tertiary/aromatic N) is 1. The van der Waals surface area contributed by atoms with Gasteiger partial charge in [-0.25, -0.2) is 0 Å². The molecule has 0 aliphatic heterocycles. The number of hydrogen-bond acceptors (Lipinski definition) is 5. The molecule has 112 valence electrons. The van der Waals surface area contributed by atoms with Gasteiger partial charge in [0.05, 0.1) is 33.0 Å². The Morgan fingerprint density at radius 1 is 1.00 bits per heavy atom. The number of hydrogen-bond donors (Lipinski definition) is 0. The molecule has 0 saturated carbocycles. The molecule has 0 unspecified atom stereocenters. The second kappa shape index (κ2) is 10.4. The maximum Gasteiger partial charge on any atom is 0.150 e. The van der Waals surface area contributed by atoms with Crippen molar-refractivity contribution in [1.82, 2.24) is 0 Å². The van der Waals surface area contributed by atoms with E-state index in [0.29, 0.717) is 38.6 Å². The van der Waals surface area contributed by atoms with E-state index >= 15 is 0 Å². The van der Waals surface area contributed by atoms with E-state index in [9.17, 15) is 4.79 Å². The zero-order valence-electron chi connectivity index (χ0n) is 12.2. The van der Waals surface area contributed by atoms with Gasteiger partial charge < -0.3 is 19.1 Å². The molecule has 0 spiro atoms. The second-order valence-corrected chi connectivity index (χ2v) is 4.35. The average molecular weight is 281 g/mol. The quantitative estimate of drug-likeness (QED) is 0.455. The highest BCUT2D eigenvalue weighted by molar-refractivity contribution is 5.75. The summed E-state index contributed by atoms with van der Waals surface area (Å²) in [5.41, 5.74) is 1.75. The number of benzene rings is 1. The van der Waals surface area contributed by atoms with Gasteiger partial charge in [0.2, 0.25) is 0 Å². The van der Waals surface area contributed by atoms with Gasteiger partial charge in [-0.15, -0.1) is 0 Å². The molecular formula is C15H23NO4. The second-order valence-electron chi connectivity index (χ2n) is 4.35. The van der Waals surface area contributed by atoms with E-state index in [1.165, 1.54) is 0 Å². The number of aldehydes is 1. The molecule has 0 heterocycles. The van der Waals surface area contributed by atoms with Crippen molar-refractivity contribution in [3.63, 3.8) is 0 Å². The molecule has 0 aliphatic carbocycles. The SMILES string of the molecule is COCCOCCOCCN(C)c1ccc(C=O)cc1. The normalized spacial score (nSPS) is 10.5. The van der Waals surface area contributed by atoms with Gasteiger partial charge in [-0.3, -0.25) is 4.79 Å². The largest absolute Gasteiger partial charge is 0.382 e. The maximum atomic E-state index is 10.6. The summed E-state index contributed by atoms with van der Waals surface area (Å²) >= 11 is 0. The molecule has 0 bridgehead atoms. The van der Waals surface area contributed by atoms with Gasteiger partial charge in [0.15, 0.2) is 0 Å². The molecule has 0 saturated heterocycles. The van der Waals surface area contributed by atoms with Gasteiger partial charge in [0, 0.05) is 32.0 Å². The van der Waals surface area contributed by atoms with Crippen molar-refractivity contribution in [2.45, 2.75) is 0 Å². The van der Waals surface area contributed by atoms with Crippen molar-refractivity contribution in [1.29, 1.82) is 0 Å². The molecule has 0 amide bonds. The van der Waals surface area contributed by atoms with Gasteiger partial charge in [-0.1, -0.05) is 0 Å². The first kappa shape index (κ1) is 16.6. The van der Waals surface area contributed by atoms with Crippen LogP contribution in [0.2, 0.25) is 0 Å². The van der Waals surface area contributed by atoms with Gasteiger partial charge in [0.25, 0.3) is 0 Å². The number of methoxy groups -OCH3 is 1. The zero-order valence-corrected chi connectivity index (χ0v) is 12.2. The standard InChI is InChI=1S/C15H23NO4/c1-16(15-5-3-14(13-17)4-6-15)7-8-19-11-12-20-10-9-18-2/h3-6,13H,7-12H2,1-2H3. The molecule has 5 heteroatoms. The van der Waals surface area contributed by atoms with Crippen LogP contribution in [0.4, 0.5) is 5.69 Å². The first-order valence-corrected chi connectivity index (χ1v) is 6.68. The summed E-state index contributed by atoms with van der Waals surface area (Å²) in [4.78, 5) is 12.7. The summed E-state index contributed by atoms with van der Waals surface area (Å²) in [6.45, 7) is 3.81. The predicted molar refractivity (Wildman–Crippen MR) is 78.6 cm³/mol. The van der Waals surface area contributed by atoms with Crippen molar-refractivity contribution in [3.05, 3.63) is 29.8 Å². The highest BCUT2D eigenvalue weighted by atomic mass is 16.5. The van der Waals surface area contributed by atoms with E-state index in [2.05, 4.69) is 4.90 Å². The van der Waals surface area contributed by atoms with Crippen LogP contribution in [0.15, 0.2) is 24.3 Å². The fourth-order valence-electron chi connectivity index (χ4n) is 1.60. The molecular weight excluding hydrogens is 258 g/mol. The third kappa shape index (κ3) is 6.65. The molecule has 5 nitrogen and oxygen atoms in total. The maximum absolute atomic E-state index is 10.6. The lowest BCUT2D eigenvalue weighted by Gasteiger charge is -2.19. The van der Waals surface area contributed by atoms with Crippen LogP contribution in [0, 0.1) is 0 Å². The Labute approximate surface area is 120 Å². The molecule has 0 N–H and O–H groups in total. The molecule has 1 rings (SSSR count). The predicted octanol–water partition coefficient (Wildman–Crippen LogP) is 1.61. The van der Waals surface area contributed by atoms with Crippen LogP contribution in [0.3, 0.4) is 0 Å². The molecule has 1 aromatic rings. The van der Waals surface area contributed by atoms with Crippen molar-refractivity contribution in [2.24, 2.45) is 0 Å². The first-order valence-electron chi connectivity index (χ1n) is 6.68. The van der Waals surface area contributed by atoms with E-state index in [0.717, 1.165) is 18.5 Å². The summed E-state index contributed by atoms with van der Waals surface area (Å²) in [5.74, 6) is 0.